The lowest BCUT2D eigenvalue weighted by Gasteiger charge is -2.23. The fourth-order valence-electron chi connectivity index (χ4n) is 2.78. The summed E-state index contributed by atoms with van der Waals surface area (Å²) in [6, 6.07) is 12.6. The van der Waals surface area contributed by atoms with Gasteiger partial charge in [0.25, 0.3) is 0 Å². The summed E-state index contributed by atoms with van der Waals surface area (Å²) in [5.41, 5.74) is 3.32. The topological polar surface area (TPSA) is 45.2 Å². The van der Waals surface area contributed by atoms with Crippen LogP contribution in [0.25, 0.3) is 0 Å². The number of amides is 1. The zero-order valence-electron chi connectivity index (χ0n) is 15.0. The zero-order valence-corrected chi connectivity index (χ0v) is 16.6. The number of carbonyl (C=O) groups excluding carboxylic acids is 1. The number of thiophene rings is 1. The summed E-state index contributed by atoms with van der Waals surface area (Å²) in [6.07, 6.45) is 1.14. The van der Waals surface area contributed by atoms with Crippen molar-refractivity contribution in [2.75, 3.05) is 20.6 Å². The Labute approximate surface area is 162 Å². The average Bonchev–Trinajstić information content (AvgIpc) is 3.28. The van der Waals surface area contributed by atoms with Gasteiger partial charge in [0.1, 0.15) is 0 Å². The lowest BCUT2D eigenvalue weighted by atomic mass is 10.1. The molecule has 0 saturated heterocycles. The first kappa shape index (κ1) is 18.8. The van der Waals surface area contributed by atoms with E-state index in [-0.39, 0.29) is 11.9 Å². The molecule has 1 N–H and O–H groups in total. The molecular formula is C20H23N3OS2. The van der Waals surface area contributed by atoms with Gasteiger partial charge in [-0.2, -0.15) is 11.3 Å². The molecule has 0 aliphatic carbocycles. The summed E-state index contributed by atoms with van der Waals surface area (Å²) in [4.78, 5) is 19.0. The molecule has 0 aliphatic rings. The van der Waals surface area contributed by atoms with Gasteiger partial charge < -0.3 is 10.2 Å². The van der Waals surface area contributed by atoms with Crippen LogP contribution in [0.4, 0.5) is 0 Å². The summed E-state index contributed by atoms with van der Waals surface area (Å²) in [5, 5.41) is 10.3. The summed E-state index contributed by atoms with van der Waals surface area (Å²) < 4.78 is 0. The predicted octanol–water partition coefficient (Wildman–Crippen LogP) is 3.76. The second-order valence-electron chi connectivity index (χ2n) is 6.41. The first-order valence-corrected chi connectivity index (χ1v) is 10.4. The van der Waals surface area contributed by atoms with Crippen LogP contribution in [0.15, 0.2) is 52.5 Å². The molecular weight excluding hydrogens is 362 g/mol. The van der Waals surface area contributed by atoms with Gasteiger partial charge in [-0.15, -0.1) is 11.3 Å². The van der Waals surface area contributed by atoms with Crippen molar-refractivity contribution in [1.29, 1.82) is 0 Å². The van der Waals surface area contributed by atoms with Gasteiger partial charge in [-0.05, 0) is 42.0 Å². The molecule has 4 nitrogen and oxygen atoms in total. The van der Waals surface area contributed by atoms with Crippen molar-refractivity contribution in [3.8, 4) is 0 Å². The number of hydrogen-bond acceptors (Lipinski definition) is 5. The van der Waals surface area contributed by atoms with Gasteiger partial charge in [0.15, 0.2) is 0 Å². The third kappa shape index (κ3) is 5.24. The SMILES string of the molecule is CN(C)C(CNC(=O)Cc1csc(Cc2ccccc2)n1)c1ccsc1. The maximum atomic E-state index is 12.3. The van der Waals surface area contributed by atoms with Gasteiger partial charge in [-0.25, -0.2) is 4.98 Å². The zero-order chi connectivity index (χ0) is 18.4. The molecule has 0 radical (unpaired) electrons. The summed E-state index contributed by atoms with van der Waals surface area (Å²) >= 11 is 3.29. The Hall–Kier alpha value is -2.02. The van der Waals surface area contributed by atoms with E-state index in [9.17, 15) is 4.79 Å². The van der Waals surface area contributed by atoms with Crippen LogP contribution < -0.4 is 5.32 Å². The number of likely N-dealkylation sites (N-methyl/N-ethyl adjacent to an activating group) is 1. The van der Waals surface area contributed by atoms with Crippen molar-refractivity contribution in [2.45, 2.75) is 18.9 Å². The highest BCUT2D eigenvalue weighted by molar-refractivity contribution is 7.09. The molecule has 3 aromatic rings. The minimum atomic E-state index is 0.0173. The Bertz CT molecular complexity index is 813. The second kappa shape index (κ2) is 9.07. The molecule has 26 heavy (non-hydrogen) atoms. The van der Waals surface area contributed by atoms with E-state index in [2.05, 4.69) is 44.2 Å². The number of rotatable bonds is 8. The van der Waals surface area contributed by atoms with Gasteiger partial charge in [0, 0.05) is 18.3 Å². The Morgan fingerprint density at radius 3 is 2.69 bits per heavy atom. The highest BCUT2D eigenvalue weighted by Crippen LogP contribution is 2.20. The molecule has 0 fully saturated rings. The Kier molecular flexibility index (Phi) is 6.55. The smallest absolute Gasteiger partial charge is 0.226 e. The third-order valence-electron chi connectivity index (χ3n) is 4.18. The van der Waals surface area contributed by atoms with Crippen molar-refractivity contribution in [3.63, 3.8) is 0 Å². The molecule has 0 bridgehead atoms. The fourth-order valence-corrected chi connectivity index (χ4v) is 4.32. The highest BCUT2D eigenvalue weighted by Gasteiger charge is 2.16. The second-order valence-corrected chi connectivity index (χ2v) is 8.13. The number of thiazole rings is 1. The normalized spacial score (nSPS) is 12.3. The van der Waals surface area contributed by atoms with Gasteiger partial charge in [0.2, 0.25) is 5.91 Å². The average molecular weight is 386 g/mol. The van der Waals surface area contributed by atoms with Crippen molar-refractivity contribution in [3.05, 3.63) is 74.4 Å². The van der Waals surface area contributed by atoms with E-state index in [1.54, 1.807) is 22.7 Å². The molecule has 3 rings (SSSR count). The first-order chi connectivity index (χ1) is 12.6. The predicted molar refractivity (Wildman–Crippen MR) is 109 cm³/mol. The van der Waals surface area contributed by atoms with E-state index in [0.29, 0.717) is 13.0 Å². The molecule has 1 amide bonds. The molecule has 0 aliphatic heterocycles. The van der Waals surface area contributed by atoms with E-state index in [0.717, 1.165) is 17.1 Å². The van der Waals surface area contributed by atoms with Crippen molar-refractivity contribution in [2.24, 2.45) is 0 Å². The maximum absolute atomic E-state index is 12.3. The van der Waals surface area contributed by atoms with E-state index in [1.807, 2.05) is 37.7 Å². The molecule has 1 aromatic carbocycles. The Morgan fingerprint density at radius 1 is 1.19 bits per heavy atom. The van der Waals surface area contributed by atoms with Crippen LogP contribution in [-0.2, 0) is 17.6 Å². The minimum absolute atomic E-state index is 0.0173. The van der Waals surface area contributed by atoms with E-state index in [1.165, 1.54) is 11.1 Å². The van der Waals surface area contributed by atoms with Crippen LogP contribution in [0, 0.1) is 0 Å². The molecule has 2 aromatic heterocycles. The largest absolute Gasteiger partial charge is 0.354 e. The van der Waals surface area contributed by atoms with Gasteiger partial charge >= 0.3 is 0 Å². The Balaban J connectivity index is 1.52. The Morgan fingerprint density at radius 2 is 2.00 bits per heavy atom. The van der Waals surface area contributed by atoms with Crippen LogP contribution in [0.5, 0.6) is 0 Å². The number of nitrogens with zero attached hydrogens (tertiary/aromatic N) is 2. The number of aromatic nitrogens is 1. The standard InChI is InChI=1S/C20H23N3OS2/c1-23(2)18(16-8-9-25-13-16)12-21-19(24)11-17-14-26-20(22-17)10-15-6-4-3-5-7-15/h3-9,13-14,18H,10-12H2,1-2H3,(H,21,24). The van der Waals surface area contributed by atoms with E-state index >= 15 is 0 Å². The fraction of sp³-hybridized carbons (Fsp3) is 0.300. The third-order valence-corrected chi connectivity index (χ3v) is 5.78. The van der Waals surface area contributed by atoms with Crippen LogP contribution in [0.1, 0.15) is 27.9 Å². The van der Waals surface area contributed by atoms with Crippen LogP contribution >= 0.6 is 22.7 Å². The van der Waals surface area contributed by atoms with E-state index in [4.69, 9.17) is 0 Å². The summed E-state index contributed by atoms with van der Waals surface area (Å²) in [6.45, 7) is 0.601. The van der Waals surface area contributed by atoms with Gasteiger partial charge in [0.05, 0.1) is 23.2 Å². The van der Waals surface area contributed by atoms with Crippen molar-refractivity contribution >= 4 is 28.6 Å². The molecule has 0 spiro atoms. The monoisotopic (exact) mass is 385 g/mol. The van der Waals surface area contributed by atoms with Crippen molar-refractivity contribution < 1.29 is 4.79 Å². The maximum Gasteiger partial charge on any atom is 0.226 e. The van der Waals surface area contributed by atoms with Crippen LogP contribution in [-0.4, -0.2) is 36.4 Å². The van der Waals surface area contributed by atoms with E-state index < -0.39 is 0 Å². The van der Waals surface area contributed by atoms with Crippen molar-refractivity contribution in [1.82, 2.24) is 15.2 Å². The molecule has 0 saturated carbocycles. The number of carbonyl (C=O) groups is 1. The lowest BCUT2D eigenvalue weighted by molar-refractivity contribution is -0.120. The molecule has 2 heterocycles. The van der Waals surface area contributed by atoms with Gasteiger partial charge in [-0.1, -0.05) is 30.3 Å². The summed E-state index contributed by atoms with van der Waals surface area (Å²) in [5.74, 6) is 0.0173. The number of hydrogen-bond donors (Lipinski definition) is 1. The highest BCUT2D eigenvalue weighted by atomic mass is 32.1. The molecule has 136 valence electrons. The minimum Gasteiger partial charge on any atom is -0.354 e. The van der Waals surface area contributed by atoms with Crippen LogP contribution in [0.3, 0.4) is 0 Å². The quantitative estimate of drug-likeness (QED) is 0.642. The van der Waals surface area contributed by atoms with Gasteiger partial charge in [-0.3, -0.25) is 4.79 Å². The van der Waals surface area contributed by atoms with Crippen LogP contribution in [0.2, 0.25) is 0 Å². The number of nitrogens with one attached hydrogen (secondary N) is 1. The summed E-state index contributed by atoms with van der Waals surface area (Å²) in [7, 11) is 4.07. The number of benzene rings is 1. The molecule has 6 heteroatoms. The first-order valence-electron chi connectivity index (χ1n) is 8.54. The molecule has 1 unspecified atom stereocenters. The lowest BCUT2D eigenvalue weighted by Crippen LogP contribution is -2.35. The molecule has 1 atom stereocenters.